The smallest absolute Gasteiger partial charge is 0.187 e. The molecule has 0 aliphatic rings. The van der Waals surface area contributed by atoms with Gasteiger partial charge in [0.2, 0.25) is 0 Å². The van der Waals surface area contributed by atoms with Crippen LogP contribution in [-0.2, 0) is 6.67 Å². The van der Waals surface area contributed by atoms with Crippen LogP contribution in [0.5, 0.6) is 0 Å². The predicted octanol–water partition coefficient (Wildman–Crippen LogP) is 2.71. The number of nitrogens with zero attached hydrogens (tertiary/aromatic N) is 1. The maximum Gasteiger partial charge on any atom is 0.187 e. The first kappa shape index (κ1) is 6.76. The van der Waals surface area contributed by atoms with Crippen molar-refractivity contribution in [1.29, 1.82) is 0 Å². The fourth-order valence-corrected chi connectivity index (χ4v) is 0.709. The van der Waals surface area contributed by atoms with Gasteiger partial charge in [0.15, 0.2) is 5.69 Å². The van der Waals surface area contributed by atoms with Crippen LogP contribution < -0.4 is 0 Å². The molecule has 0 radical (unpaired) electrons. The lowest BCUT2D eigenvalue weighted by Gasteiger charge is -1.92. The minimum Gasteiger partial charge on any atom is -0.246 e. The fraction of sp³-hybridized carbons (Fsp3) is 0.125. The molecule has 0 saturated carbocycles. The van der Waals surface area contributed by atoms with Crippen molar-refractivity contribution >= 4 is 5.69 Å². The van der Waals surface area contributed by atoms with Crippen molar-refractivity contribution in [2.75, 3.05) is 0 Å². The molecular weight excluding hydrogens is 129 g/mol. The average Bonchev–Trinajstić information content (AvgIpc) is 2.05. The van der Waals surface area contributed by atoms with E-state index >= 15 is 0 Å². The summed E-state index contributed by atoms with van der Waals surface area (Å²) in [4.78, 5) is 3.16. The molecule has 1 nitrogen and oxygen atoms in total. The minimum atomic E-state index is -0.497. The SMILES string of the molecule is [C-]#[N+]c1cccc(CF)c1. The number of hydrogen-bond donors (Lipinski definition) is 0. The first-order valence-corrected chi connectivity index (χ1v) is 2.89. The van der Waals surface area contributed by atoms with Gasteiger partial charge in [0, 0.05) is 0 Å². The molecule has 0 spiro atoms. The maximum absolute atomic E-state index is 11.9. The molecule has 0 aliphatic carbocycles. The van der Waals surface area contributed by atoms with Crippen molar-refractivity contribution in [3.63, 3.8) is 0 Å². The normalized spacial score (nSPS) is 8.80. The zero-order valence-electron chi connectivity index (χ0n) is 5.34. The number of halogens is 1. The molecule has 1 aromatic carbocycles. The van der Waals surface area contributed by atoms with Gasteiger partial charge in [0.05, 0.1) is 6.57 Å². The highest BCUT2D eigenvalue weighted by atomic mass is 19.1. The molecule has 0 N–H and O–H groups in total. The van der Waals surface area contributed by atoms with Crippen LogP contribution in [0.1, 0.15) is 5.56 Å². The van der Waals surface area contributed by atoms with Gasteiger partial charge in [0.1, 0.15) is 6.67 Å². The second-order valence-corrected chi connectivity index (χ2v) is 1.92. The zero-order valence-corrected chi connectivity index (χ0v) is 5.34. The highest BCUT2D eigenvalue weighted by Crippen LogP contribution is 2.13. The van der Waals surface area contributed by atoms with Crippen molar-refractivity contribution in [2.24, 2.45) is 0 Å². The molecular formula is C8H6FN. The average molecular weight is 135 g/mol. The van der Waals surface area contributed by atoms with Gasteiger partial charge in [0.25, 0.3) is 0 Å². The van der Waals surface area contributed by atoms with Gasteiger partial charge in [-0.25, -0.2) is 9.24 Å². The highest BCUT2D eigenvalue weighted by molar-refractivity contribution is 5.46. The van der Waals surface area contributed by atoms with Crippen LogP contribution in [0.15, 0.2) is 24.3 Å². The van der Waals surface area contributed by atoms with Crippen molar-refractivity contribution in [1.82, 2.24) is 0 Å². The number of rotatable bonds is 1. The third-order valence-electron chi connectivity index (χ3n) is 1.19. The summed E-state index contributed by atoms with van der Waals surface area (Å²) >= 11 is 0. The summed E-state index contributed by atoms with van der Waals surface area (Å²) in [5.41, 5.74) is 1.06. The lowest BCUT2D eigenvalue weighted by molar-refractivity contribution is 0.485. The van der Waals surface area contributed by atoms with E-state index in [1.165, 1.54) is 0 Å². The van der Waals surface area contributed by atoms with Gasteiger partial charge < -0.3 is 0 Å². The predicted molar refractivity (Wildman–Crippen MR) is 37.5 cm³/mol. The summed E-state index contributed by atoms with van der Waals surface area (Å²) in [7, 11) is 0. The van der Waals surface area contributed by atoms with E-state index in [2.05, 4.69) is 4.85 Å². The van der Waals surface area contributed by atoms with E-state index in [0.717, 1.165) is 0 Å². The Morgan fingerprint density at radius 2 is 2.30 bits per heavy atom. The van der Waals surface area contributed by atoms with E-state index in [1.807, 2.05) is 0 Å². The third-order valence-corrected chi connectivity index (χ3v) is 1.19. The Hall–Kier alpha value is -1.36. The summed E-state index contributed by atoms with van der Waals surface area (Å²) in [5.74, 6) is 0. The Bertz CT molecular complexity index is 262. The van der Waals surface area contributed by atoms with Gasteiger partial charge in [-0.2, -0.15) is 0 Å². The second kappa shape index (κ2) is 2.98. The molecule has 0 aromatic heterocycles. The molecule has 0 atom stereocenters. The van der Waals surface area contributed by atoms with Crippen molar-refractivity contribution in [3.05, 3.63) is 41.2 Å². The number of benzene rings is 1. The summed E-state index contributed by atoms with van der Waals surface area (Å²) in [6, 6.07) is 6.55. The van der Waals surface area contributed by atoms with E-state index in [-0.39, 0.29) is 0 Å². The molecule has 50 valence electrons. The van der Waals surface area contributed by atoms with Gasteiger partial charge in [-0.15, -0.1) is 0 Å². The molecule has 10 heavy (non-hydrogen) atoms. The van der Waals surface area contributed by atoms with E-state index in [4.69, 9.17) is 6.57 Å². The Morgan fingerprint density at radius 3 is 2.90 bits per heavy atom. The molecule has 0 unspecified atom stereocenters. The van der Waals surface area contributed by atoms with Crippen LogP contribution >= 0.6 is 0 Å². The van der Waals surface area contributed by atoms with Gasteiger partial charge >= 0.3 is 0 Å². The van der Waals surface area contributed by atoms with Crippen LogP contribution in [0.3, 0.4) is 0 Å². The van der Waals surface area contributed by atoms with Gasteiger partial charge in [-0.05, 0) is 5.56 Å². The molecule has 0 heterocycles. The highest BCUT2D eigenvalue weighted by Gasteiger charge is 1.91. The zero-order chi connectivity index (χ0) is 7.40. The second-order valence-electron chi connectivity index (χ2n) is 1.92. The molecule has 1 aromatic rings. The minimum absolute atomic E-state index is 0.496. The van der Waals surface area contributed by atoms with Crippen LogP contribution in [0.4, 0.5) is 10.1 Å². The maximum atomic E-state index is 11.9. The molecule has 0 saturated heterocycles. The molecule has 0 fully saturated rings. The van der Waals surface area contributed by atoms with Crippen molar-refractivity contribution in [2.45, 2.75) is 6.67 Å². The van der Waals surface area contributed by atoms with Crippen molar-refractivity contribution < 1.29 is 4.39 Å². The summed E-state index contributed by atoms with van der Waals surface area (Å²) < 4.78 is 11.9. The molecule has 0 amide bonds. The van der Waals surface area contributed by atoms with Crippen LogP contribution in [0.2, 0.25) is 0 Å². The first-order chi connectivity index (χ1) is 4.86. The number of hydrogen-bond acceptors (Lipinski definition) is 0. The molecule has 0 aliphatic heterocycles. The fourth-order valence-electron chi connectivity index (χ4n) is 0.709. The van der Waals surface area contributed by atoms with E-state index in [9.17, 15) is 4.39 Å². The molecule has 0 bridgehead atoms. The lowest BCUT2D eigenvalue weighted by atomic mass is 10.2. The van der Waals surface area contributed by atoms with Crippen LogP contribution in [0.25, 0.3) is 4.85 Å². The Balaban J connectivity index is 3.01. The quantitative estimate of drug-likeness (QED) is 0.521. The third kappa shape index (κ3) is 1.32. The largest absolute Gasteiger partial charge is 0.246 e. The molecule has 2 heteroatoms. The van der Waals surface area contributed by atoms with E-state index < -0.39 is 6.67 Å². The standard InChI is InChI=1S/C8H6FN/c1-10-8-4-2-3-7(5-8)6-9/h2-5H,6H2. The van der Waals surface area contributed by atoms with E-state index in [0.29, 0.717) is 11.3 Å². The van der Waals surface area contributed by atoms with Gasteiger partial charge in [-0.3, -0.25) is 0 Å². The monoisotopic (exact) mass is 135 g/mol. The topological polar surface area (TPSA) is 4.36 Å². The number of alkyl halides is 1. The summed E-state index contributed by atoms with van der Waals surface area (Å²) in [6.45, 7) is 6.12. The summed E-state index contributed by atoms with van der Waals surface area (Å²) in [5, 5.41) is 0. The lowest BCUT2D eigenvalue weighted by Crippen LogP contribution is -1.74. The van der Waals surface area contributed by atoms with E-state index in [1.54, 1.807) is 24.3 Å². The Kier molecular flexibility index (Phi) is 2.01. The van der Waals surface area contributed by atoms with Gasteiger partial charge in [-0.1, -0.05) is 24.3 Å². The van der Waals surface area contributed by atoms with Crippen molar-refractivity contribution in [3.8, 4) is 0 Å². The molecule has 1 rings (SSSR count). The Labute approximate surface area is 58.9 Å². The first-order valence-electron chi connectivity index (χ1n) is 2.89. The summed E-state index contributed by atoms with van der Waals surface area (Å²) in [6.07, 6.45) is 0. The van der Waals surface area contributed by atoms with Crippen LogP contribution in [0, 0.1) is 6.57 Å². The Morgan fingerprint density at radius 1 is 1.50 bits per heavy atom. The van der Waals surface area contributed by atoms with Crippen LogP contribution in [-0.4, -0.2) is 0 Å².